The average molecular weight is 224 g/mol. The molecule has 1 aliphatic rings. The fourth-order valence-electron chi connectivity index (χ4n) is 1.52. The van der Waals surface area contributed by atoms with E-state index in [1.54, 1.807) is 16.7 Å². The van der Waals surface area contributed by atoms with E-state index in [1.807, 2.05) is 24.0 Å². The first-order valence-electron chi connectivity index (χ1n) is 5.30. The van der Waals surface area contributed by atoms with Crippen molar-refractivity contribution >= 4 is 11.8 Å². The molecule has 1 aliphatic heterocycles. The van der Waals surface area contributed by atoms with Crippen LogP contribution in [0, 0.1) is 5.92 Å². The number of rotatable bonds is 5. The van der Waals surface area contributed by atoms with Gasteiger partial charge in [0.15, 0.2) is 0 Å². The standard InChI is InChI=1S/C11H16N2OS/c14-11-3-1-2-4-13(11)5-6-15-9-10-7-12-8-10/h1-4,10,12H,5-9H2. The number of nitrogens with zero attached hydrogens (tertiary/aromatic N) is 1. The lowest BCUT2D eigenvalue weighted by molar-refractivity contribution is 0.385. The Bertz CT molecular complexity index is 360. The van der Waals surface area contributed by atoms with Crippen molar-refractivity contribution in [2.24, 2.45) is 5.92 Å². The van der Waals surface area contributed by atoms with Gasteiger partial charge in [0.1, 0.15) is 0 Å². The molecular formula is C11H16N2OS. The number of nitrogens with one attached hydrogen (secondary N) is 1. The van der Waals surface area contributed by atoms with Gasteiger partial charge in [-0.25, -0.2) is 0 Å². The number of thioether (sulfide) groups is 1. The van der Waals surface area contributed by atoms with E-state index in [4.69, 9.17) is 0 Å². The molecule has 3 nitrogen and oxygen atoms in total. The molecule has 82 valence electrons. The largest absolute Gasteiger partial charge is 0.316 e. The minimum absolute atomic E-state index is 0.100. The van der Waals surface area contributed by atoms with Gasteiger partial charge < -0.3 is 9.88 Å². The third-order valence-corrected chi connectivity index (χ3v) is 3.77. The molecule has 0 aliphatic carbocycles. The summed E-state index contributed by atoms with van der Waals surface area (Å²) in [7, 11) is 0. The summed E-state index contributed by atoms with van der Waals surface area (Å²) >= 11 is 1.94. The van der Waals surface area contributed by atoms with E-state index in [0.29, 0.717) is 0 Å². The predicted octanol–water partition coefficient (Wildman–Crippen LogP) is 0.801. The van der Waals surface area contributed by atoms with Crippen LogP contribution in [-0.2, 0) is 6.54 Å². The first kappa shape index (κ1) is 10.8. The fourth-order valence-corrected chi connectivity index (χ4v) is 2.59. The third-order valence-electron chi connectivity index (χ3n) is 2.60. The molecule has 4 heteroatoms. The lowest BCUT2D eigenvalue weighted by Gasteiger charge is -2.26. The quantitative estimate of drug-likeness (QED) is 0.751. The Hall–Kier alpha value is -0.740. The van der Waals surface area contributed by atoms with Gasteiger partial charge in [-0.2, -0.15) is 11.8 Å². The third kappa shape index (κ3) is 3.11. The van der Waals surface area contributed by atoms with Crippen molar-refractivity contribution < 1.29 is 0 Å². The van der Waals surface area contributed by atoms with E-state index in [2.05, 4.69) is 5.32 Å². The maximum atomic E-state index is 11.4. The summed E-state index contributed by atoms with van der Waals surface area (Å²) in [5, 5.41) is 3.26. The van der Waals surface area contributed by atoms with Crippen LogP contribution < -0.4 is 10.9 Å². The van der Waals surface area contributed by atoms with Crippen molar-refractivity contribution in [2.75, 3.05) is 24.6 Å². The Kier molecular flexibility index (Phi) is 3.86. The lowest BCUT2D eigenvalue weighted by Crippen LogP contribution is -2.43. The Morgan fingerprint density at radius 1 is 1.47 bits per heavy atom. The average Bonchev–Trinajstić information content (AvgIpc) is 2.17. The van der Waals surface area contributed by atoms with Gasteiger partial charge in [0.25, 0.3) is 5.56 Å². The second-order valence-electron chi connectivity index (χ2n) is 3.83. The molecule has 0 unspecified atom stereocenters. The van der Waals surface area contributed by atoms with E-state index in [-0.39, 0.29) is 5.56 Å². The van der Waals surface area contributed by atoms with Crippen LogP contribution in [0.15, 0.2) is 29.2 Å². The van der Waals surface area contributed by atoms with E-state index in [9.17, 15) is 4.79 Å². The molecule has 15 heavy (non-hydrogen) atoms. The van der Waals surface area contributed by atoms with Crippen LogP contribution in [0.1, 0.15) is 0 Å². The number of pyridine rings is 1. The zero-order chi connectivity index (χ0) is 10.5. The summed E-state index contributed by atoms with van der Waals surface area (Å²) < 4.78 is 1.77. The van der Waals surface area contributed by atoms with Gasteiger partial charge >= 0.3 is 0 Å². The van der Waals surface area contributed by atoms with Gasteiger partial charge in [0.05, 0.1) is 0 Å². The maximum absolute atomic E-state index is 11.4. The molecule has 0 saturated carbocycles. The number of hydrogen-bond acceptors (Lipinski definition) is 3. The fraction of sp³-hybridized carbons (Fsp3) is 0.545. The molecule has 1 N–H and O–H groups in total. The highest BCUT2D eigenvalue weighted by Gasteiger charge is 2.15. The SMILES string of the molecule is O=c1ccccn1CCSCC1CNC1. The highest BCUT2D eigenvalue weighted by molar-refractivity contribution is 7.99. The van der Waals surface area contributed by atoms with Crippen molar-refractivity contribution in [2.45, 2.75) is 6.54 Å². The van der Waals surface area contributed by atoms with Crippen molar-refractivity contribution in [3.05, 3.63) is 34.7 Å². The minimum Gasteiger partial charge on any atom is -0.316 e. The van der Waals surface area contributed by atoms with Gasteiger partial charge in [-0.1, -0.05) is 6.07 Å². The minimum atomic E-state index is 0.100. The highest BCUT2D eigenvalue weighted by Crippen LogP contribution is 2.12. The summed E-state index contributed by atoms with van der Waals surface area (Å²) in [4.78, 5) is 11.4. The van der Waals surface area contributed by atoms with Crippen molar-refractivity contribution in [3.63, 3.8) is 0 Å². The smallest absolute Gasteiger partial charge is 0.250 e. The van der Waals surface area contributed by atoms with E-state index >= 15 is 0 Å². The Morgan fingerprint density at radius 2 is 2.33 bits per heavy atom. The van der Waals surface area contributed by atoms with Crippen LogP contribution in [0.3, 0.4) is 0 Å². The van der Waals surface area contributed by atoms with Crippen LogP contribution in [0.2, 0.25) is 0 Å². The zero-order valence-corrected chi connectivity index (χ0v) is 9.50. The number of hydrogen-bond donors (Lipinski definition) is 1. The molecular weight excluding hydrogens is 208 g/mol. The molecule has 1 aromatic heterocycles. The molecule has 1 saturated heterocycles. The zero-order valence-electron chi connectivity index (χ0n) is 8.69. The van der Waals surface area contributed by atoms with Crippen molar-refractivity contribution in [1.29, 1.82) is 0 Å². The summed E-state index contributed by atoms with van der Waals surface area (Å²) in [6.45, 7) is 3.15. The maximum Gasteiger partial charge on any atom is 0.250 e. The second-order valence-corrected chi connectivity index (χ2v) is 4.98. The molecule has 0 radical (unpaired) electrons. The highest BCUT2D eigenvalue weighted by atomic mass is 32.2. The van der Waals surface area contributed by atoms with E-state index in [0.717, 1.165) is 31.3 Å². The van der Waals surface area contributed by atoms with Crippen LogP contribution in [-0.4, -0.2) is 29.2 Å². The number of aromatic nitrogens is 1. The molecule has 1 aromatic rings. The normalized spacial score (nSPS) is 16.3. The molecule has 0 atom stereocenters. The summed E-state index contributed by atoms with van der Waals surface area (Å²) in [6, 6.07) is 5.30. The Balaban J connectivity index is 1.69. The van der Waals surface area contributed by atoms with Crippen molar-refractivity contribution in [3.8, 4) is 0 Å². The van der Waals surface area contributed by atoms with Crippen LogP contribution in [0.4, 0.5) is 0 Å². The summed E-state index contributed by atoms with van der Waals surface area (Å²) in [6.07, 6.45) is 1.85. The van der Waals surface area contributed by atoms with E-state index < -0.39 is 0 Å². The summed E-state index contributed by atoms with van der Waals surface area (Å²) in [5.74, 6) is 3.09. The Labute approximate surface area is 93.9 Å². The van der Waals surface area contributed by atoms with Gasteiger partial charge in [-0.15, -0.1) is 0 Å². The molecule has 2 heterocycles. The number of aryl methyl sites for hydroxylation is 1. The first-order valence-corrected chi connectivity index (χ1v) is 6.45. The predicted molar refractivity (Wildman–Crippen MR) is 64.4 cm³/mol. The first-order chi connectivity index (χ1) is 7.36. The monoisotopic (exact) mass is 224 g/mol. The van der Waals surface area contributed by atoms with Gasteiger partial charge in [0.2, 0.25) is 0 Å². The summed E-state index contributed by atoms with van der Waals surface area (Å²) in [5.41, 5.74) is 0.100. The lowest BCUT2D eigenvalue weighted by atomic mass is 10.1. The topological polar surface area (TPSA) is 34.0 Å². The van der Waals surface area contributed by atoms with Crippen LogP contribution in [0.25, 0.3) is 0 Å². The van der Waals surface area contributed by atoms with E-state index in [1.165, 1.54) is 5.75 Å². The second kappa shape index (κ2) is 5.37. The van der Waals surface area contributed by atoms with Crippen LogP contribution >= 0.6 is 11.8 Å². The van der Waals surface area contributed by atoms with Crippen molar-refractivity contribution in [1.82, 2.24) is 9.88 Å². The van der Waals surface area contributed by atoms with Gasteiger partial charge in [-0.3, -0.25) is 4.79 Å². The van der Waals surface area contributed by atoms with Crippen LogP contribution in [0.5, 0.6) is 0 Å². The molecule has 0 aromatic carbocycles. The molecule has 0 amide bonds. The Morgan fingerprint density at radius 3 is 3.00 bits per heavy atom. The van der Waals surface area contributed by atoms with Gasteiger partial charge in [0, 0.05) is 24.6 Å². The molecule has 0 bridgehead atoms. The molecule has 2 rings (SSSR count). The van der Waals surface area contributed by atoms with Gasteiger partial charge in [-0.05, 0) is 30.8 Å². The molecule has 1 fully saturated rings. The molecule has 0 spiro atoms.